The topological polar surface area (TPSA) is 69.7 Å². The van der Waals surface area contributed by atoms with Gasteiger partial charge in [0.1, 0.15) is 6.04 Å². The highest BCUT2D eigenvalue weighted by Gasteiger charge is 2.50. The van der Waals surface area contributed by atoms with Gasteiger partial charge in [-0.25, -0.2) is 9.69 Å². The molecule has 6 nitrogen and oxygen atoms in total. The Labute approximate surface area is 161 Å². The fourth-order valence-corrected chi connectivity index (χ4v) is 4.41. The Morgan fingerprint density at radius 2 is 1.93 bits per heavy atom. The van der Waals surface area contributed by atoms with Crippen molar-refractivity contribution in [2.45, 2.75) is 38.3 Å². The molecule has 0 bridgehead atoms. The van der Waals surface area contributed by atoms with E-state index in [1.807, 2.05) is 23.6 Å². The highest BCUT2D eigenvalue weighted by molar-refractivity contribution is 7.12. The van der Waals surface area contributed by atoms with Crippen LogP contribution in [0.1, 0.15) is 41.4 Å². The van der Waals surface area contributed by atoms with Crippen molar-refractivity contribution in [2.24, 2.45) is 0 Å². The maximum Gasteiger partial charge on any atom is 0.329 e. The smallest absolute Gasteiger partial charge is 0.329 e. The van der Waals surface area contributed by atoms with E-state index in [0.717, 1.165) is 10.5 Å². The van der Waals surface area contributed by atoms with Gasteiger partial charge in [0.25, 0.3) is 11.8 Å². The third-order valence-electron chi connectivity index (χ3n) is 5.19. The number of imide groups is 1. The van der Waals surface area contributed by atoms with Crippen LogP contribution in [-0.4, -0.2) is 41.4 Å². The number of amides is 4. The van der Waals surface area contributed by atoms with Crippen molar-refractivity contribution >= 4 is 34.9 Å². The van der Waals surface area contributed by atoms with Crippen LogP contribution in [0.25, 0.3) is 0 Å². The number of urea groups is 1. The van der Waals surface area contributed by atoms with E-state index in [1.165, 1.54) is 11.3 Å². The summed E-state index contributed by atoms with van der Waals surface area (Å²) < 4.78 is 0. The number of carbonyl (C=O) groups is 3. The maximum absolute atomic E-state index is 13.2. The molecule has 2 saturated heterocycles. The lowest BCUT2D eigenvalue weighted by atomic mass is 10.0. The van der Waals surface area contributed by atoms with Crippen LogP contribution in [0.4, 0.5) is 10.5 Å². The molecule has 140 valence electrons. The van der Waals surface area contributed by atoms with E-state index >= 15 is 0 Å². The first-order valence-corrected chi connectivity index (χ1v) is 9.94. The Balaban J connectivity index is 1.63. The molecule has 1 aromatic carbocycles. The Morgan fingerprint density at radius 3 is 2.56 bits per heavy atom. The zero-order valence-electron chi connectivity index (χ0n) is 15.2. The van der Waals surface area contributed by atoms with E-state index in [1.54, 1.807) is 23.1 Å². The highest BCUT2D eigenvalue weighted by Crippen LogP contribution is 2.30. The van der Waals surface area contributed by atoms with Crippen LogP contribution >= 0.6 is 11.3 Å². The monoisotopic (exact) mass is 383 g/mol. The maximum atomic E-state index is 13.2. The van der Waals surface area contributed by atoms with Crippen molar-refractivity contribution in [3.63, 3.8) is 0 Å². The summed E-state index contributed by atoms with van der Waals surface area (Å²) in [7, 11) is 0. The van der Waals surface area contributed by atoms with Crippen molar-refractivity contribution in [1.29, 1.82) is 0 Å². The second-order valence-electron chi connectivity index (χ2n) is 7.19. The third kappa shape index (κ3) is 3.02. The molecule has 2 unspecified atom stereocenters. The molecule has 0 spiro atoms. The number of nitrogens with zero attached hydrogens (tertiary/aromatic N) is 2. The SMILES string of the molecule is CC(C)c1ccc(N2C(=O)NC3CCN(C(=O)c4cccs4)C3C2=O)cc1. The number of carbonyl (C=O) groups excluding carboxylic acids is 3. The average Bonchev–Trinajstić information content (AvgIpc) is 3.31. The molecule has 3 heterocycles. The minimum atomic E-state index is -0.665. The molecule has 2 aliphatic heterocycles. The summed E-state index contributed by atoms with van der Waals surface area (Å²) in [6.45, 7) is 4.63. The van der Waals surface area contributed by atoms with E-state index in [4.69, 9.17) is 0 Å². The molecular weight excluding hydrogens is 362 g/mol. The van der Waals surface area contributed by atoms with Gasteiger partial charge in [0.2, 0.25) is 0 Å². The minimum Gasteiger partial charge on any atom is -0.332 e. The van der Waals surface area contributed by atoms with Gasteiger partial charge < -0.3 is 10.2 Å². The van der Waals surface area contributed by atoms with Crippen LogP contribution in [0.15, 0.2) is 41.8 Å². The number of nitrogens with one attached hydrogen (secondary N) is 1. The summed E-state index contributed by atoms with van der Waals surface area (Å²) in [5, 5.41) is 4.74. The highest BCUT2D eigenvalue weighted by atomic mass is 32.1. The summed E-state index contributed by atoms with van der Waals surface area (Å²) in [5.41, 5.74) is 1.66. The molecule has 2 aliphatic rings. The predicted molar refractivity (Wildman–Crippen MR) is 104 cm³/mol. The average molecular weight is 383 g/mol. The number of likely N-dealkylation sites (tertiary alicyclic amines) is 1. The Bertz CT molecular complexity index is 876. The molecule has 27 heavy (non-hydrogen) atoms. The zero-order chi connectivity index (χ0) is 19.1. The number of hydrogen-bond donors (Lipinski definition) is 1. The molecule has 0 radical (unpaired) electrons. The van der Waals surface area contributed by atoms with Gasteiger partial charge in [0, 0.05) is 6.54 Å². The third-order valence-corrected chi connectivity index (χ3v) is 6.05. The van der Waals surface area contributed by atoms with Crippen LogP contribution in [0.2, 0.25) is 0 Å². The second kappa shape index (κ2) is 6.81. The lowest BCUT2D eigenvalue weighted by molar-refractivity contribution is -0.122. The van der Waals surface area contributed by atoms with Gasteiger partial charge in [0.15, 0.2) is 0 Å². The van der Waals surface area contributed by atoms with Crippen LogP contribution in [0.3, 0.4) is 0 Å². The van der Waals surface area contributed by atoms with Gasteiger partial charge in [-0.2, -0.15) is 0 Å². The van der Waals surface area contributed by atoms with Crippen molar-refractivity contribution in [2.75, 3.05) is 11.4 Å². The van der Waals surface area contributed by atoms with E-state index in [-0.39, 0.29) is 17.9 Å². The number of rotatable bonds is 3. The van der Waals surface area contributed by atoms with Crippen molar-refractivity contribution in [3.05, 3.63) is 52.2 Å². The molecule has 0 saturated carbocycles. The van der Waals surface area contributed by atoms with E-state index in [0.29, 0.717) is 29.4 Å². The van der Waals surface area contributed by atoms with Crippen molar-refractivity contribution < 1.29 is 14.4 Å². The lowest BCUT2D eigenvalue weighted by Gasteiger charge is -2.36. The van der Waals surface area contributed by atoms with E-state index in [2.05, 4.69) is 19.2 Å². The molecule has 4 amide bonds. The fraction of sp³-hybridized carbons (Fsp3) is 0.350. The number of hydrogen-bond acceptors (Lipinski definition) is 4. The fourth-order valence-electron chi connectivity index (χ4n) is 3.73. The van der Waals surface area contributed by atoms with E-state index < -0.39 is 12.1 Å². The first-order valence-electron chi connectivity index (χ1n) is 9.06. The minimum absolute atomic E-state index is 0.155. The van der Waals surface area contributed by atoms with Gasteiger partial charge in [-0.05, 0) is 41.5 Å². The van der Waals surface area contributed by atoms with E-state index in [9.17, 15) is 14.4 Å². The van der Waals surface area contributed by atoms with Crippen molar-refractivity contribution in [1.82, 2.24) is 10.2 Å². The molecule has 2 atom stereocenters. The standard InChI is InChI=1S/C20H21N3O3S/c1-12(2)13-5-7-14(8-6-13)23-19(25)17-15(21-20(23)26)9-10-22(17)18(24)16-4-3-11-27-16/h3-8,11-12,15,17H,9-10H2,1-2H3,(H,21,26). The van der Waals surface area contributed by atoms with Gasteiger partial charge in [-0.1, -0.05) is 32.0 Å². The predicted octanol–water partition coefficient (Wildman–Crippen LogP) is 3.21. The number of thiophene rings is 1. The second-order valence-corrected chi connectivity index (χ2v) is 8.13. The number of fused-ring (bicyclic) bond motifs is 1. The van der Waals surface area contributed by atoms with Crippen LogP contribution < -0.4 is 10.2 Å². The van der Waals surface area contributed by atoms with Crippen LogP contribution in [0, 0.1) is 0 Å². The Kier molecular flexibility index (Phi) is 4.47. The van der Waals surface area contributed by atoms with Gasteiger partial charge in [-0.15, -0.1) is 11.3 Å². The summed E-state index contributed by atoms with van der Waals surface area (Å²) >= 11 is 1.36. The largest absolute Gasteiger partial charge is 0.332 e. The van der Waals surface area contributed by atoms with Crippen molar-refractivity contribution in [3.8, 4) is 0 Å². The summed E-state index contributed by atoms with van der Waals surface area (Å²) in [6, 6.07) is 9.58. The first kappa shape index (κ1) is 17.7. The molecule has 1 N–H and O–H groups in total. The molecular formula is C20H21N3O3S. The van der Waals surface area contributed by atoms with Crippen LogP contribution in [0.5, 0.6) is 0 Å². The Morgan fingerprint density at radius 1 is 1.19 bits per heavy atom. The molecule has 0 aliphatic carbocycles. The number of benzene rings is 1. The molecule has 4 rings (SSSR count). The number of anilines is 1. The zero-order valence-corrected chi connectivity index (χ0v) is 16.0. The van der Waals surface area contributed by atoms with Gasteiger partial charge >= 0.3 is 6.03 Å². The summed E-state index contributed by atoms with van der Waals surface area (Å²) in [6.07, 6.45) is 0.583. The van der Waals surface area contributed by atoms with Crippen LogP contribution in [-0.2, 0) is 4.79 Å². The first-order chi connectivity index (χ1) is 13.0. The molecule has 2 fully saturated rings. The molecule has 7 heteroatoms. The van der Waals surface area contributed by atoms with Gasteiger partial charge in [-0.3, -0.25) is 9.59 Å². The molecule has 1 aromatic heterocycles. The normalized spacial score (nSPS) is 22.2. The Hall–Kier alpha value is -2.67. The summed E-state index contributed by atoms with van der Waals surface area (Å²) in [4.78, 5) is 41.9. The van der Waals surface area contributed by atoms with Gasteiger partial charge in [0.05, 0.1) is 16.6 Å². The lowest BCUT2D eigenvalue weighted by Crippen LogP contribution is -2.65. The summed E-state index contributed by atoms with van der Waals surface area (Å²) in [5.74, 6) is -0.136. The quantitative estimate of drug-likeness (QED) is 0.885. The molecule has 2 aromatic rings.